The number of Topliss-reactive ketones (excluding diaryl/α,β-unsaturated/α-hetero) is 1. The summed E-state index contributed by atoms with van der Waals surface area (Å²) in [4.78, 5) is 11.0. The molecule has 3 heteroatoms. The van der Waals surface area contributed by atoms with Crippen molar-refractivity contribution in [1.29, 1.82) is 0 Å². The Morgan fingerprint density at radius 2 is 2.44 bits per heavy atom. The molecule has 0 saturated heterocycles. The first-order valence-corrected chi connectivity index (χ1v) is 4.54. The van der Waals surface area contributed by atoms with Crippen LogP contribution >= 0.6 is 27.7 Å². The minimum Gasteiger partial charge on any atom is -0.299 e. The van der Waals surface area contributed by atoms with Gasteiger partial charge < -0.3 is 0 Å². The highest BCUT2D eigenvalue weighted by atomic mass is 79.9. The lowest BCUT2D eigenvalue weighted by molar-refractivity contribution is -0.116. The molecule has 1 rings (SSSR count). The second-order valence-corrected chi connectivity index (χ2v) is 4.05. The van der Waals surface area contributed by atoms with Crippen LogP contribution in [0.25, 0.3) is 0 Å². The lowest BCUT2D eigenvalue weighted by atomic mass is 10.2. The number of thioether (sulfide) groups is 1. The first kappa shape index (κ1) is 7.35. The van der Waals surface area contributed by atoms with Crippen LogP contribution in [0.15, 0.2) is 11.5 Å². The molecule has 0 aromatic carbocycles. The molecule has 2 unspecified atom stereocenters. The molecule has 1 aliphatic heterocycles. The molecule has 0 saturated carbocycles. The van der Waals surface area contributed by atoms with E-state index < -0.39 is 0 Å². The average Bonchev–Trinajstić information content (AvgIpc) is 2.13. The van der Waals surface area contributed by atoms with Crippen LogP contribution in [-0.2, 0) is 4.79 Å². The number of allylic oxidation sites excluding steroid dienone is 1. The number of alkyl halides is 1. The molecule has 0 amide bonds. The van der Waals surface area contributed by atoms with Gasteiger partial charge in [0.15, 0.2) is 0 Å². The molecule has 1 aliphatic rings. The summed E-state index contributed by atoms with van der Waals surface area (Å²) in [6, 6.07) is 0. The molecule has 0 spiro atoms. The molecule has 0 aromatic heterocycles. The maximum Gasteiger partial charge on any atom is 0.144 e. The van der Waals surface area contributed by atoms with Gasteiger partial charge in [-0.3, -0.25) is 4.79 Å². The Kier molecular flexibility index (Phi) is 2.35. The maximum atomic E-state index is 10.8. The Hall–Kier alpha value is 0.240. The van der Waals surface area contributed by atoms with Gasteiger partial charge in [0, 0.05) is 0 Å². The summed E-state index contributed by atoms with van der Waals surface area (Å²) >= 11 is 4.96. The van der Waals surface area contributed by atoms with E-state index in [0.717, 1.165) is 0 Å². The van der Waals surface area contributed by atoms with Gasteiger partial charge in [-0.1, -0.05) is 22.0 Å². The normalized spacial score (nSPS) is 33.1. The number of halogens is 1. The molecule has 0 aliphatic carbocycles. The summed E-state index contributed by atoms with van der Waals surface area (Å²) in [5.74, 6) is 0.242. The number of hydrogen-bond acceptors (Lipinski definition) is 2. The van der Waals surface area contributed by atoms with Gasteiger partial charge in [0.05, 0.1) is 10.1 Å². The minimum absolute atomic E-state index is 0.116. The molecular formula is C6H7BrOS. The van der Waals surface area contributed by atoms with Crippen LogP contribution in [0.3, 0.4) is 0 Å². The third kappa shape index (κ3) is 1.58. The quantitative estimate of drug-likeness (QED) is 0.611. The zero-order valence-electron chi connectivity index (χ0n) is 5.00. The topological polar surface area (TPSA) is 17.1 Å². The van der Waals surface area contributed by atoms with Gasteiger partial charge in [-0.25, -0.2) is 0 Å². The molecule has 2 atom stereocenters. The fourth-order valence-electron chi connectivity index (χ4n) is 0.701. The molecule has 0 fully saturated rings. The van der Waals surface area contributed by atoms with Crippen LogP contribution in [0.5, 0.6) is 0 Å². The third-order valence-corrected chi connectivity index (χ3v) is 3.59. The minimum atomic E-state index is 0.116. The van der Waals surface area contributed by atoms with Gasteiger partial charge in [-0.05, 0) is 12.3 Å². The number of hydrogen-bond donors (Lipinski definition) is 0. The Bertz CT molecular complexity index is 155. The van der Waals surface area contributed by atoms with Gasteiger partial charge in [0.25, 0.3) is 0 Å². The monoisotopic (exact) mass is 206 g/mol. The Labute approximate surface area is 67.0 Å². The van der Waals surface area contributed by atoms with E-state index >= 15 is 0 Å². The van der Waals surface area contributed by atoms with E-state index in [1.54, 1.807) is 18.7 Å². The second-order valence-electron chi connectivity index (χ2n) is 1.94. The van der Waals surface area contributed by atoms with Gasteiger partial charge in [0.1, 0.15) is 5.78 Å². The zero-order chi connectivity index (χ0) is 6.85. The summed E-state index contributed by atoms with van der Waals surface area (Å²) in [5, 5.41) is 2.08. The molecule has 9 heavy (non-hydrogen) atoms. The average molecular weight is 207 g/mol. The standard InChI is InChI=1S/C6H7BrOS/c1-4(8)6-5(7)2-3-9-6/h2-3,5-6H,1H3. The summed E-state index contributed by atoms with van der Waals surface area (Å²) in [6.45, 7) is 1.62. The van der Waals surface area contributed by atoms with Gasteiger partial charge >= 0.3 is 0 Å². The van der Waals surface area contributed by atoms with Gasteiger partial charge in [-0.15, -0.1) is 11.8 Å². The molecule has 0 bridgehead atoms. The molecule has 0 radical (unpaired) electrons. The zero-order valence-corrected chi connectivity index (χ0v) is 7.41. The van der Waals surface area contributed by atoms with E-state index in [4.69, 9.17) is 0 Å². The van der Waals surface area contributed by atoms with Crippen LogP contribution in [0, 0.1) is 0 Å². The van der Waals surface area contributed by atoms with Crippen LogP contribution in [0.4, 0.5) is 0 Å². The smallest absolute Gasteiger partial charge is 0.144 e. The fourth-order valence-corrected chi connectivity index (χ4v) is 2.66. The van der Waals surface area contributed by atoms with Crippen molar-refractivity contribution in [2.75, 3.05) is 0 Å². The van der Waals surface area contributed by atoms with Crippen molar-refractivity contribution < 1.29 is 4.79 Å². The highest BCUT2D eigenvalue weighted by Gasteiger charge is 2.24. The van der Waals surface area contributed by atoms with E-state index in [9.17, 15) is 4.79 Å². The maximum absolute atomic E-state index is 10.8. The van der Waals surface area contributed by atoms with E-state index in [-0.39, 0.29) is 15.9 Å². The summed E-state index contributed by atoms with van der Waals surface area (Å²) in [7, 11) is 0. The summed E-state index contributed by atoms with van der Waals surface area (Å²) in [6.07, 6.45) is 2.00. The Balaban J connectivity index is 2.55. The van der Waals surface area contributed by atoms with E-state index in [2.05, 4.69) is 15.9 Å². The highest BCUT2D eigenvalue weighted by Crippen LogP contribution is 2.29. The number of rotatable bonds is 1. The molecule has 50 valence electrons. The molecule has 0 N–H and O–H groups in total. The molecule has 1 heterocycles. The van der Waals surface area contributed by atoms with E-state index in [1.165, 1.54) is 0 Å². The first-order chi connectivity index (χ1) is 4.22. The van der Waals surface area contributed by atoms with Crippen LogP contribution < -0.4 is 0 Å². The lowest BCUT2D eigenvalue weighted by Gasteiger charge is -2.06. The highest BCUT2D eigenvalue weighted by molar-refractivity contribution is 9.09. The van der Waals surface area contributed by atoms with Crippen LogP contribution in [0.1, 0.15) is 6.92 Å². The fraction of sp³-hybridized carbons (Fsp3) is 0.500. The second kappa shape index (κ2) is 2.88. The van der Waals surface area contributed by atoms with Crippen LogP contribution in [0.2, 0.25) is 0 Å². The Morgan fingerprint density at radius 3 is 2.67 bits per heavy atom. The van der Waals surface area contributed by atoms with E-state index in [1.807, 2.05) is 11.5 Å². The SMILES string of the molecule is CC(=O)C1SC=CC1Br. The number of carbonyl (C=O) groups is 1. The van der Waals surface area contributed by atoms with Crippen molar-refractivity contribution in [2.45, 2.75) is 17.0 Å². The predicted octanol–water partition coefficient (Wildman–Crippen LogP) is 1.97. The van der Waals surface area contributed by atoms with Crippen LogP contribution in [-0.4, -0.2) is 15.9 Å². The third-order valence-electron chi connectivity index (χ3n) is 1.18. The van der Waals surface area contributed by atoms with Crippen molar-refractivity contribution in [1.82, 2.24) is 0 Å². The van der Waals surface area contributed by atoms with Crippen molar-refractivity contribution in [3.05, 3.63) is 11.5 Å². The largest absolute Gasteiger partial charge is 0.299 e. The van der Waals surface area contributed by atoms with Gasteiger partial charge in [0.2, 0.25) is 0 Å². The summed E-state index contributed by atoms with van der Waals surface area (Å²) in [5.41, 5.74) is 0. The first-order valence-electron chi connectivity index (χ1n) is 2.68. The van der Waals surface area contributed by atoms with Crippen molar-refractivity contribution in [3.63, 3.8) is 0 Å². The van der Waals surface area contributed by atoms with Gasteiger partial charge in [-0.2, -0.15) is 0 Å². The number of ketones is 1. The predicted molar refractivity (Wildman–Crippen MR) is 43.9 cm³/mol. The number of carbonyl (C=O) groups excluding carboxylic acids is 1. The lowest BCUT2D eigenvalue weighted by Crippen LogP contribution is -2.19. The van der Waals surface area contributed by atoms with Crippen molar-refractivity contribution >= 4 is 33.5 Å². The van der Waals surface area contributed by atoms with Crippen molar-refractivity contribution in [2.24, 2.45) is 0 Å². The molecule has 1 nitrogen and oxygen atoms in total. The summed E-state index contributed by atoms with van der Waals surface area (Å²) < 4.78 is 0. The molecular weight excluding hydrogens is 200 g/mol. The van der Waals surface area contributed by atoms with E-state index in [0.29, 0.717) is 0 Å². The van der Waals surface area contributed by atoms with Crippen molar-refractivity contribution in [3.8, 4) is 0 Å². The molecule has 0 aromatic rings. The Morgan fingerprint density at radius 1 is 1.78 bits per heavy atom.